The zero-order valence-electron chi connectivity index (χ0n) is 10.8. The highest BCUT2D eigenvalue weighted by molar-refractivity contribution is 5.20. The van der Waals surface area contributed by atoms with E-state index in [2.05, 4.69) is 10.3 Å². The highest BCUT2D eigenvalue weighted by Crippen LogP contribution is 2.36. The number of hydrogen-bond acceptors (Lipinski definition) is 2. The molecule has 0 amide bonds. The smallest absolute Gasteiger partial charge is 0.248 e. The number of halogens is 2. The Labute approximate surface area is 107 Å². The molecule has 2 rings (SSSR count). The molecular weight excluding hydrogens is 234 g/mol. The van der Waals surface area contributed by atoms with E-state index in [9.17, 15) is 8.78 Å². The summed E-state index contributed by atoms with van der Waals surface area (Å²) in [5.74, 6) is -2.35. The Balaban J connectivity index is 1.77. The zero-order chi connectivity index (χ0) is 13.0. The van der Waals surface area contributed by atoms with Crippen molar-refractivity contribution in [1.82, 2.24) is 10.3 Å². The molecular formula is C14H20F2N2. The van der Waals surface area contributed by atoms with E-state index >= 15 is 0 Å². The van der Waals surface area contributed by atoms with E-state index in [1.54, 1.807) is 6.20 Å². The molecule has 2 nitrogen and oxygen atoms in total. The van der Waals surface area contributed by atoms with Gasteiger partial charge >= 0.3 is 0 Å². The normalized spacial score (nSPS) is 22.9. The van der Waals surface area contributed by atoms with Gasteiger partial charge in [0.2, 0.25) is 5.92 Å². The van der Waals surface area contributed by atoms with Crippen molar-refractivity contribution in [2.75, 3.05) is 6.54 Å². The third-order valence-corrected chi connectivity index (χ3v) is 3.64. The molecule has 1 unspecified atom stereocenters. The third-order valence-electron chi connectivity index (χ3n) is 3.64. The molecule has 4 heteroatoms. The molecule has 0 aromatic carbocycles. The van der Waals surface area contributed by atoms with Gasteiger partial charge in [-0.1, -0.05) is 0 Å². The molecule has 1 fully saturated rings. The van der Waals surface area contributed by atoms with Crippen molar-refractivity contribution >= 4 is 0 Å². The molecule has 1 aliphatic carbocycles. The number of rotatable bonds is 4. The fourth-order valence-electron chi connectivity index (χ4n) is 2.54. The van der Waals surface area contributed by atoms with Crippen molar-refractivity contribution in [3.63, 3.8) is 0 Å². The highest BCUT2D eigenvalue weighted by Gasteiger charge is 2.35. The molecule has 1 N–H and O–H groups in total. The van der Waals surface area contributed by atoms with Gasteiger partial charge < -0.3 is 5.32 Å². The standard InChI is InChI=1S/C14H20F2N2/c1-11-4-6-17-9-13(11)10-18-8-12-3-2-5-14(15,16)7-12/h4,6,9,12,18H,2-3,5,7-8,10H2,1H3. The molecule has 0 bridgehead atoms. The summed E-state index contributed by atoms with van der Waals surface area (Å²) in [4.78, 5) is 4.07. The number of pyridine rings is 1. The number of aromatic nitrogens is 1. The van der Waals surface area contributed by atoms with Gasteiger partial charge in [0.25, 0.3) is 0 Å². The minimum Gasteiger partial charge on any atom is -0.312 e. The van der Waals surface area contributed by atoms with Crippen LogP contribution in [0.4, 0.5) is 8.78 Å². The summed E-state index contributed by atoms with van der Waals surface area (Å²) in [6.45, 7) is 3.42. The lowest BCUT2D eigenvalue weighted by Gasteiger charge is -2.29. The van der Waals surface area contributed by atoms with E-state index in [4.69, 9.17) is 0 Å². The first-order valence-electron chi connectivity index (χ1n) is 6.55. The Morgan fingerprint density at radius 1 is 1.50 bits per heavy atom. The SMILES string of the molecule is Cc1ccncc1CNCC1CCCC(F)(F)C1. The predicted molar refractivity (Wildman–Crippen MR) is 67.6 cm³/mol. The number of alkyl halides is 2. The minimum absolute atomic E-state index is 0.0338. The van der Waals surface area contributed by atoms with E-state index in [0.717, 1.165) is 12.0 Å². The van der Waals surface area contributed by atoms with Crippen molar-refractivity contribution in [2.45, 2.75) is 45.1 Å². The maximum absolute atomic E-state index is 13.2. The summed E-state index contributed by atoms with van der Waals surface area (Å²) >= 11 is 0. The Kier molecular flexibility index (Phi) is 4.27. The van der Waals surface area contributed by atoms with Gasteiger partial charge in [-0.3, -0.25) is 4.98 Å². The zero-order valence-corrected chi connectivity index (χ0v) is 10.8. The van der Waals surface area contributed by atoms with Crippen molar-refractivity contribution in [2.24, 2.45) is 5.92 Å². The Morgan fingerprint density at radius 3 is 3.06 bits per heavy atom. The molecule has 1 atom stereocenters. The highest BCUT2D eigenvalue weighted by atomic mass is 19.3. The van der Waals surface area contributed by atoms with Crippen LogP contribution in [0.15, 0.2) is 18.5 Å². The van der Waals surface area contributed by atoms with Gasteiger partial charge in [0, 0.05) is 31.8 Å². The molecule has 0 radical (unpaired) electrons. The van der Waals surface area contributed by atoms with Crippen LogP contribution in [0.2, 0.25) is 0 Å². The maximum atomic E-state index is 13.2. The monoisotopic (exact) mass is 254 g/mol. The molecule has 1 aromatic heterocycles. The van der Waals surface area contributed by atoms with Crippen LogP contribution in [-0.2, 0) is 6.54 Å². The van der Waals surface area contributed by atoms with E-state index < -0.39 is 5.92 Å². The first-order valence-corrected chi connectivity index (χ1v) is 6.55. The van der Waals surface area contributed by atoms with Crippen LogP contribution in [0.5, 0.6) is 0 Å². The third kappa shape index (κ3) is 3.73. The minimum atomic E-state index is -2.45. The maximum Gasteiger partial charge on any atom is 0.248 e. The van der Waals surface area contributed by atoms with E-state index in [0.29, 0.717) is 19.5 Å². The van der Waals surface area contributed by atoms with Crippen LogP contribution in [0, 0.1) is 12.8 Å². The van der Waals surface area contributed by atoms with Crippen LogP contribution in [0.1, 0.15) is 36.8 Å². The topological polar surface area (TPSA) is 24.9 Å². The summed E-state index contributed by atoms with van der Waals surface area (Å²) in [5, 5.41) is 3.28. The molecule has 1 aliphatic rings. The number of nitrogens with one attached hydrogen (secondary N) is 1. The second-order valence-electron chi connectivity index (χ2n) is 5.25. The van der Waals surface area contributed by atoms with Gasteiger partial charge in [-0.25, -0.2) is 8.78 Å². The second-order valence-corrected chi connectivity index (χ2v) is 5.25. The summed E-state index contributed by atoms with van der Waals surface area (Å²) in [5.41, 5.74) is 2.33. The van der Waals surface area contributed by atoms with E-state index in [-0.39, 0.29) is 18.8 Å². The van der Waals surface area contributed by atoms with E-state index in [1.807, 2.05) is 19.2 Å². The van der Waals surface area contributed by atoms with Gasteiger partial charge in [-0.2, -0.15) is 0 Å². The average Bonchev–Trinajstić information content (AvgIpc) is 2.30. The number of aryl methyl sites for hydroxylation is 1. The van der Waals surface area contributed by atoms with Gasteiger partial charge in [-0.15, -0.1) is 0 Å². The van der Waals surface area contributed by atoms with Gasteiger partial charge in [-0.05, 0) is 49.4 Å². The first kappa shape index (κ1) is 13.4. The van der Waals surface area contributed by atoms with Crippen molar-refractivity contribution < 1.29 is 8.78 Å². The first-order chi connectivity index (χ1) is 8.57. The Hall–Kier alpha value is -1.03. The number of nitrogens with zero attached hydrogens (tertiary/aromatic N) is 1. The lowest BCUT2D eigenvalue weighted by Crippen LogP contribution is -2.32. The molecule has 0 spiro atoms. The number of hydrogen-bond donors (Lipinski definition) is 1. The second kappa shape index (κ2) is 5.74. The van der Waals surface area contributed by atoms with Crippen LogP contribution < -0.4 is 5.32 Å². The van der Waals surface area contributed by atoms with E-state index in [1.165, 1.54) is 5.56 Å². The molecule has 1 saturated carbocycles. The molecule has 1 aromatic rings. The van der Waals surface area contributed by atoms with Crippen molar-refractivity contribution in [3.8, 4) is 0 Å². The fraction of sp³-hybridized carbons (Fsp3) is 0.643. The predicted octanol–water partition coefficient (Wildman–Crippen LogP) is 3.31. The van der Waals surface area contributed by atoms with Gasteiger partial charge in [0.05, 0.1) is 0 Å². The summed E-state index contributed by atoms with van der Waals surface area (Å²) in [6, 6.07) is 1.96. The van der Waals surface area contributed by atoms with Crippen molar-refractivity contribution in [1.29, 1.82) is 0 Å². The molecule has 0 saturated heterocycles. The summed E-state index contributed by atoms with van der Waals surface area (Å²) in [7, 11) is 0. The largest absolute Gasteiger partial charge is 0.312 e. The Morgan fingerprint density at radius 2 is 2.33 bits per heavy atom. The molecule has 1 heterocycles. The quantitative estimate of drug-likeness (QED) is 0.891. The Bertz CT molecular complexity index is 393. The van der Waals surface area contributed by atoms with Crippen LogP contribution in [0.25, 0.3) is 0 Å². The van der Waals surface area contributed by atoms with Crippen LogP contribution in [0.3, 0.4) is 0 Å². The van der Waals surface area contributed by atoms with Crippen LogP contribution >= 0.6 is 0 Å². The van der Waals surface area contributed by atoms with Gasteiger partial charge in [0.1, 0.15) is 0 Å². The molecule has 0 aliphatic heterocycles. The molecule has 100 valence electrons. The molecule has 18 heavy (non-hydrogen) atoms. The van der Waals surface area contributed by atoms with Crippen molar-refractivity contribution in [3.05, 3.63) is 29.6 Å². The summed E-state index contributed by atoms with van der Waals surface area (Å²) < 4.78 is 26.5. The summed E-state index contributed by atoms with van der Waals surface area (Å²) in [6.07, 6.45) is 5.25. The average molecular weight is 254 g/mol. The fourth-order valence-corrected chi connectivity index (χ4v) is 2.54. The van der Waals surface area contributed by atoms with Gasteiger partial charge in [0.15, 0.2) is 0 Å². The lowest BCUT2D eigenvalue weighted by atomic mass is 9.86. The van der Waals surface area contributed by atoms with Crippen LogP contribution in [-0.4, -0.2) is 17.5 Å². The lowest BCUT2D eigenvalue weighted by molar-refractivity contribution is -0.0520.